The highest BCUT2D eigenvalue weighted by Gasteiger charge is 2.33. The quantitative estimate of drug-likeness (QED) is 0.909. The number of benzene rings is 2. The number of hydrogen-bond acceptors (Lipinski definition) is 3. The molecule has 4 nitrogen and oxygen atoms in total. The third-order valence-electron chi connectivity index (χ3n) is 4.08. The number of ether oxygens (including phenoxy) is 1. The van der Waals surface area contributed by atoms with E-state index in [9.17, 15) is 9.90 Å². The predicted octanol–water partition coefficient (Wildman–Crippen LogP) is 2.15. The van der Waals surface area contributed by atoms with Crippen molar-refractivity contribution in [3.05, 3.63) is 71.3 Å². The van der Waals surface area contributed by atoms with Crippen LogP contribution in [0.2, 0.25) is 0 Å². The highest BCUT2D eigenvalue weighted by Crippen LogP contribution is 2.32. The van der Waals surface area contributed by atoms with Gasteiger partial charge in [-0.15, -0.1) is 0 Å². The van der Waals surface area contributed by atoms with E-state index in [0.29, 0.717) is 6.42 Å². The molecule has 1 aliphatic rings. The lowest BCUT2D eigenvalue weighted by atomic mass is 10.1. The van der Waals surface area contributed by atoms with Crippen LogP contribution in [0.5, 0.6) is 0 Å². The number of rotatable bonds is 4. The number of methoxy groups -OCH3 is 1. The van der Waals surface area contributed by atoms with Crippen molar-refractivity contribution in [1.82, 2.24) is 5.32 Å². The summed E-state index contributed by atoms with van der Waals surface area (Å²) in [6.45, 7) is 0. The first-order chi connectivity index (χ1) is 10.7. The predicted molar refractivity (Wildman–Crippen MR) is 83.2 cm³/mol. The van der Waals surface area contributed by atoms with Gasteiger partial charge >= 0.3 is 0 Å². The molecule has 3 atom stereocenters. The van der Waals surface area contributed by atoms with E-state index in [1.54, 1.807) is 0 Å². The van der Waals surface area contributed by atoms with E-state index in [1.165, 1.54) is 7.11 Å². The summed E-state index contributed by atoms with van der Waals surface area (Å²) in [5, 5.41) is 13.1. The van der Waals surface area contributed by atoms with Crippen LogP contribution in [-0.4, -0.2) is 24.2 Å². The first-order valence-corrected chi connectivity index (χ1v) is 7.34. The second-order valence-electron chi connectivity index (χ2n) is 5.48. The molecule has 0 radical (unpaired) electrons. The van der Waals surface area contributed by atoms with Gasteiger partial charge < -0.3 is 15.2 Å². The topological polar surface area (TPSA) is 58.6 Å². The second kappa shape index (κ2) is 6.30. The van der Waals surface area contributed by atoms with Crippen molar-refractivity contribution in [3.63, 3.8) is 0 Å². The minimum absolute atomic E-state index is 0.241. The molecule has 0 spiro atoms. The molecule has 1 aliphatic carbocycles. The Morgan fingerprint density at radius 1 is 1.18 bits per heavy atom. The maximum absolute atomic E-state index is 12.5. The molecule has 22 heavy (non-hydrogen) atoms. The highest BCUT2D eigenvalue weighted by molar-refractivity contribution is 5.82. The second-order valence-corrected chi connectivity index (χ2v) is 5.48. The van der Waals surface area contributed by atoms with Gasteiger partial charge in [0.2, 0.25) is 0 Å². The molecule has 0 saturated heterocycles. The zero-order valence-corrected chi connectivity index (χ0v) is 12.4. The molecule has 0 aromatic heterocycles. The third-order valence-corrected chi connectivity index (χ3v) is 4.08. The minimum atomic E-state index is -0.679. The van der Waals surface area contributed by atoms with E-state index in [2.05, 4.69) is 5.32 Å². The van der Waals surface area contributed by atoms with Gasteiger partial charge in [-0.1, -0.05) is 54.6 Å². The molecular weight excluding hydrogens is 278 g/mol. The van der Waals surface area contributed by atoms with E-state index >= 15 is 0 Å². The molecule has 0 aliphatic heterocycles. The molecule has 4 heteroatoms. The fourth-order valence-electron chi connectivity index (χ4n) is 3.00. The van der Waals surface area contributed by atoms with Crippen LogP contribution in [0.1, 0.15) is 28.8 Å². The molecule has 0 fully saturated rings. The monoisotopic (exact) mass is 297 g/mol. The van der Waals surface area contributed by atoms with Gasteiger partial charge in [-0.25, -0.2) is 0 Å². The van der Waals surface area contributed by atoms with Gasteiger partial charge in [-0.3, -0.25) is 4.79 Å². The smallest absolute Gasteiger partial charge is 0.254 e. The molecule has 0 bridgehead atoms. The van der Waals surface area contributed by atoms with Gasteiger partial charge in [0.15, 0.2) is 6.10 Å². The molecule has 0 saturated carbocycles. The van der Waals surface area contributed by atoms with E-state index < -0.39 is 12.2 Å². The molecule has 3 rings (SSSR count). The van der Waals surface area contributed by atoms with Gasteiger partial charge in [-0.05, 0) is 16.7 Å². The van der Waals surface area contributed by atoms with Gasteiger partial charge in [0, 0.05) is 13.5 Å². The standard InChI is InChI=1S/C18H19NO3/c1-22-17(12-7-3-2-4-8-12)18(21)19-16-14-10-6-5-9-13(14)11-15(16)20/h2-10,15-17,20H,11H2,1H3,(H,19,21). The van der Waals surface area contributed by atoms with E-state index in [1.807, 2.05) is 54.6 Å². The molecule has 1 amide bonds. The zero-order valence-electron chi connectivity index (χ0n) is 12.4. The van der Waals surface area contributed by atoms with Crippen LogP contribution in [0.25, 0.3) is 0 Å². The van der Waals surface area contributed by atoms with E-state index in [-0.39, 0.29) is 11.9 Å². The number of hydrogen-bond donors (Lipinski definition) is 2. The van der Waals surface area contributed by atoms with Crippen molar-refractivity contribution in [1.29, 1.82) is 0 Å². The number of aliphatic hydroxyl groups excluding tert-OH is 1. The van der Waals surface area contributed by atoms with Crippen LogP contribution in [0.3, 0.4) is 0 Å². The Morgan fingerprint density at radius 2 is 1.86 bits per heavy atom. The van der Waals surface area contributed by atoms with E-state index in [4.69, 9.17) is 4.74 Å². The van der Waals surface area contributed by atoms with E-state index in [0.717, 1.165) is 16.7 Å². The number of fused-ring (bicyclic) bond motifs is 1. The van der Waals surface area contributed by atoms with Crippen molar-refractivity contribution in [3.8, 4) is 0 Å². The normalized spacial score (nSPS) is 21.2. The molecular formula is C18H19NO3. The Balaban J connectivity index is 1.79. The van der Waals surface area contributed by atoms with Crippen LogP contribution in [0, 0.1) is 0 Å². The van der Waals surface area contributed by atoms with Gasteiger partial charge in [0.25, 0.3) is 5.91 Å². The lowest BCUT2D eigenvalue weighted by Gasteiger charge is -2.22. The average Bonchev–Trinajstić information content (AvgIpc) is 2.85. The SMILES string of the molecule is COC(C(=O)NC1c2ccccc2CC1O)c1ccccc1. The summed E-state index contributed by atoms with van der Waals surface area (Å²) in [6.07, 6.45) is -0.722. The Hall–Kier alpha value is -2.17. The minimum Gasteiger partial charge on any atom is -0.390 e. The summed E-state index contributed by atoms with van der Waals surface area (Å²) in [6, 6.07) is 16.7. The lowest BCUT2D eigenvalue weighted by molar-refractivity contribution is -0.133. The first-order valence-electron chi connectivity index (χ1n) is 7.34. The summed E-state index contributed by atoms with van der Waals surface area (Å²) in [4.78, 5) is 12.5. The molecule has 114 valence electrons. The summed E-state index contributed by atoms with van der Waals surface area (Å²) in [5.74, 6) is -0.241. The van der Waals surface area contributed by atoms with Crippen LogP contribution in [-0.2, 0) is 16.0 Å². The van der Waals surface area contributed by atoms with Gasteiger partial charge in [-0.2, -0.15) is 0 Å². The largest absolute Gasteiger partial charge is 0.390 e. The highest BCUT2D eigenvalue weighted by atomic mass is 16.5. The third kappa shape index (κ3) is 2.75. The van der Waals surface area contributed by atoms with Crippen molar-refractivity contribution in [2.75, 3.05) is 7.11 Å². The molecule has 2 aromatic rings. The number of amides is 1. The fraction of sp³-hybridized carbons (Fsp3) is 0.278. The van der Waals surface area contributed by atoms with Crippen LogP contribution >= 0.6 is 0 Å². The Morgan fingerprint density at radius 3 is 2.59 bits per heavy atom. The van der Waals surface area contributed by atoms with Crippen molar-refractivity contribution < 1.29 is 14.6 Å². The average molecular weight is 297 g/mol. The Bertz CT molecular complexity index is 656. The lowest BCUT2D eigenvalue weighted by Crippen LogP contribution is -2.37. The Labute approximate surface area is 129 Å². The van der Waals surface area contributed by atoms with Crippen molar-refractivity contribution in [2.24, 2.45) is 0 Å². The van der Waals surface area contributed by atoms with Crippen molar-refractivity contribution >= 4 is 5.91 Å². The van der Waals surface area contributed by atoms with Gasteiger partial charge in [0.1, 0.15) is 0 Å². The molecule has 2 N–H and O–H groups in total. The Kier molecular flexibility index (Phi) is 4.22. The number of nitrogens with one attached hydrogen (secondary N) is 1. The van der Waals surface area contributed by atoms with Crippen LogP contribution in [0.15, 0.2) is 54.6 Å². The molecule has 2 aromatic carbocycles. The zero-order chi connectivity index (χ0) is 15.5. The number of carbonyl (C=O) groups excluding carboxylic acids is 1. The summed E-state index contributed by atoms with van der Waals surface area (Å²) >= 11 is 0. The summed E-state index contributed by atoms with van der Waals surface area (Å²) in [7, 11) is 1.51. The van der Waals surface area contributed by atoms with Crippen LogP contribution < -0.4 is 5.32 Å². The summed E-state index contributed by atoms with van der Waals surface area (Å²) < 4.78 is 5.34. The molecule has 3 unspecified atom stereocenters. The number of carbonyl (C=O) groups is 1. The maximum Gasteiger partial charge on any atom is 0.254 e. The molecule has 0 heterocycles. The first kappa shape index (κ1) is 14.8. The van der Waals surface area contributed by atoms with Crippen LogP contribution in [0.4, 0.5) is 0 Å². The fourth-order valence-corrected chi connectivity index (χ4v) is 3.00. The van der Waals surface area contributed by atoms with Gasteiger partial charge in [0.05, 0.1) is 12.1 Å². The van der Waals surface area contributed by atoms with Crippen molar-refractivity contribution in [2.45, 2.75) is 24.7 Å². The number of aliphatic hydroxyl groups is 1. The summed E-state index contributed by atoms with van der Waals surface area (Å²) in [5.41, 5.74) is 2.85. The maximum atomic E-state index is 12.5.